The maximum Gasteiger partial charge on any atom is 0.127 e. The minimum Gasteiger partial charge on any atom is -0.491 e. The maximum absolute atomic E-state index is 10.5. The van der Waals surface area contributed by atoms with E-state index in [1.165, 1.54) is 29.7 Å². The van der Waals surface area contributed by atoms with Crippen molar-refractivity contribution in [3.8, 4) is 17.2 Å². The van der Waals surface area contributed by atoms with Crippen LogP contribution in [0.15, 0.2) is 72.8 Å². The van der Waals surface area contributed by atoms with Crippen molar-refractivity contribution in [3.63, 3.8) is 0 Å². The third-order valence-corrected chi connectivity index (χ3v) is 6.53. The lowest BCUT2D eigenvalue weighted by molar-refractivity contribution is 0.0663. The van der Waals surface area contributed by atoms with Gasteiger partial charge in [0.05, 0.1) is 0 Å². The summed E-state index contributed by atoms with van der Waals surface area (Å²) >= 11 is 0. The Morgan fingerprint density at radius 2 is 1.45 bits per heavy atom. The molecule has 1 heterocycles. The van der Waals surface area contributed by atoms with E-state index >= 15 is 0 Å². The molecular formula is C28H32N2O3. The van der Waals surface area contributed by atoms with Crippen LogP contribution in [-0.4, -0.2) is 55.4 Å². The third-order valence-electron chi connectivity index (χ3n) is 6.53. The van der Waals surface area contributed by atoms with Crippen molar-refractivity contribution >= 4 is 5.69 Å². The molecule has 5 rings (SSSR count). The van der Waals surface area contributed by atoms with E-state index in [-0.39, 0.29) is 0 Å². The zero-order valence-corrected chi connectivity index (χ0v) is 19.0. The van der Waals surface area contributed by atoms with Crippen molar-refractivity contribution in [1.82, 2.24) is 4.90 Å². The molecule has 0 radical (unpaired) electrons. The molecule has 0 saturated carbocycles. The number of β-amino-alcohol motifs (C(OH)–C–C–N with tert-alkyl or cyclic N) is 1. The van der Waals surface area contributed by atoms with Gasteiger partial charge >= 0.3 is 0 Å². The van der Waals surface area contributed by atoms with Crippen molar-refractivity contribution < 1.29 is 14.6 Å². The van der Waals surface area contributed by atoms with Crippen LogP contribution in [0.4, 0.5) is 5.69 Å². The molecule has 3 aromatic carbocycles. The van der Waals surface area contributed by atoms with Crippen LogP contribution < -0.4 is 14.4 Å². The van der Waals surface area contributed by atoms with Crippen LogP contribution in [0, 0.1) is 0 Å². The summed E-state index contributed by atoms with van der Waals surface area (Å²) in [4.78, 5) is 4.70. The first kappa shape index (κ1) is 21.8. The molecular weight excluding hydrogens is 412 g/mol. The summed E-state index contributed by atoms with van der Waals surface area (Å²) < 4.78 is 11.8. The average Bonchev–Trinajstić information content (AvgIpc) is 3.33. The summed E-state index contributed by atoms with van der Waals surface area (Å²) in [5, 5.41) is 10.5. The predicted octanol–water partition coefficient (Wildman–Crippen LogP) is 4.53. The molecule has 0 aromatic heterocycles. The van der Waals surface area contributed by atoms with Crippen LogP contribution >= 0.6 is 0 Å². The summed E-state index contributed by atoms with van der Waals surface area (Å²) in [7, 11) is 0. The molecule has 1 aliphatic heterocycles. The molecule has 1 aliphatic carbocycles. The Hall–Kier alpha value is -3.02. The van der Waals surface area contributed by atoms with E-state index in [1.807, 2.05) is 48.5 Å². The highest BCUT2D eigenvalue weighted by molar-refractivity contribution is 5.50. The number of ether oxygens (including phenoxy) is 2. The van der Waals surface area contributed by atoms with Gasteiger partial charge in [-0.25, -0.2) is 0 Å². The van der Waals surface area contributed by atoms with Gasteiger partial charge in [0, 0.05) is 38.4 Å². The molecule has 1 unspecified atom stereocenters. The van der Waals surface area contributed by atoms with Gasteiger partial charge in [0.25, 0.3) is 0 Å². The number of piperazine rings is 1. The van der Waals surface area contributed by atoms with Gasteiger partial charge in [0.2, 0.25) is 0 Å². The molecule has 172 valence electrons. The van der Waals surface area contributed by atoms with Crippen LogP contribution in [-0.2, 0) is 12.8 Å². The van der Waals surface area contributed by atoms with E-state index < -0.39 is 6.10 Å². The minimum atomic E-state index is -0.487. The standard InChI is InChI=1S/C28H32N2O3/c31-25(21-32-28-12-9-22-5-4-6-23(22)19-28)20-29-15-17-30(18-16-29)24-10-13-27(14-11-24)33-26-7-2-1-3-8-26/h1-3,7-14,19,25,31H,4-6,15-18,20-21H2. The van der Waals surface area contributed by atoms with Crippen molar-refractivity contribution in [3.05, 3.63) is 83.9 Å². The van der Waals surface area contributed by atoms with E-state index in [1.54, 1.807) is 0 Å². The maximum atomic E-state index is 10.5. The lowest BCUT2D eigenvalue weighted by Gasteiger charge is -2.36. The molecule has 0 spiro atoms. The average molecular weight is 445 g/mol. The van der Waals surface area contributed by atoms with Gasteiger partial charge in [0.1, 0.15) is 30.0 Å². The number of aliphatic hydroxyl groups is 1. The highest BCUT2D eigenvalue weighted by Crippen LogP contribution is 2.27. The highest BCUT2D eigenvalue weighted by atomic mass is 16.5. The molecule has 1 N–H and O–H groups in total. The molecule has 2 aliphatic rings. The minimum absolute atomic E-state index is 0.335. The number of para-hydroxylation sites is 1. The second-order valence-electron chi connectivity index (χ2n) is 8.95. The van der Waals surface area contributed by atoms with Crippen molar-refractivity contribution in [1.29, 1.82) is 0 Å². The van der Waals surface area contributed by atoms with Crippen LogP contribution in [0.25, 0.3) is 0 Å². The summed E-state index contributed by atoms with van der Waals surface area (Å²) in [6.45, 7) is 4.72. The molecule has 1 saturated heterocycles. The molecule has 0 bridgehead atoms. The fraction of sp³-hybridized carbons (Fsp3) is 0.357. The summed E-state index contributed by atoms with van der Waals surface area (Å²) in [5.74, 6) is 2.56. The lowest BCUT2D eigenvalue weighted by atomic mass is 10.1. The predicted molar refractivity (Wildman–Crippen MR) is 132 cm³/mol. The van der Waals surface area contributed by atoms with Gasteiger partial charge in [-0.15, -0.1) is 0 Å². The van der Waals surface area contributed by atoms with Crippen molar-refractivity contribution in [2.45, 2.75) is 25.4 Å². The van der Waals surface area contributed by atoms with Crippen LogP contribution in [0.1, 0.15) is 17.5 Å². The van der Waals surface area contributed by atoms with Gasteiger partial charge < -0.3 is 19.5 Å². The van der Waals surface area contributed by atoms with E-state index in [9.17, 15) is 5.11 Å². The van der Waals surface area contributed by atoms with Gasteiger partial charge in [-0.1, -0.05) is 24.3 Å². The fourth-order valence-electron chi connectivity index (χ4n) is 4.72. The topological polar surface area (TPSA) is 45.2 Å². The normalized spacial score (nSPS) is 16.9. The SMILES string of the molecule is OC(COc1ccc2c(c1)CCC2)CN1CCN(c2ccc(Oc3ccccc3)cc2)CC1. The van der Waals surface area contributed by atoms with Crippen LogP contribution in [0.3, 0.4) is 0 Å². The third kappa shape index (κ3) is 5.67. The van der Waals surface area contributed by atoms with E-state index in [4.69, 9.17) is 9.47 Å². The first-order valence-corrected chi connectivity index (χ1v) is 12.0. The Balaban J connectivity index is 1.05. The Bertz CT molecular complexity index is 1030. The monoisotopic (exact) mass is 444 g/mol. The van der Waals surface area contributed by atoms with E-state index in [2.05, 4.69) is 34.1 Å². The van der Waals surface area contributed by atoms with Crippen molar-refractivity contribution in [2.24, 2.45) is 0 Å². The molecule has 5 nitrogen and oxygen atoms in total. The first-order chi connectivity index (χ1) is 16.2. The Morgan fingerprint density at radius 3 is 2.24 bits per heavy atom. The molecule has 33 heavy (non-hydrogen) atoms. The molecule has 5 heteroatoms. The van der Waals surface area contributed by atoms with Gasteiger partial charge in [-0.3, -0.25) is 4.90 Å². The number of fused-ring (bicyclic) bond motifs is 1. The largest absolute Gasteiger partial charge is 0.491 e. The summed E-state index contributed by atoms with van der Waals surface area (Å²) in [6, 6.07) is 24.5. The summed E-state index contributed by atoms with van der Waals surface area (Å²) in [6.07, 6.45) is 3.07. The number of aliphatic hydroxyl groups excluding tert-OH is 1. The smallest absolute Gasteiger partial charge is 0.127 e. The van der Waals surface area contributed by atoms with E-state index in [0.29, 0.717) is 13.2 Å². The fourth-order valence-corrected chi connectivity index (χ4v) is 4.72. The lowest BCUT2D eigenvalue weighted by Crippen LogP contribution is -2.49. The zero-order valence-electron chi connectivity index (χ0n) is 19.0. The first-order valence-electron chi connectivity index (χ1n) is 12.0. The van der Waals surface area contributed by atoms with Gasteiger partial charge in [0.15, 0.2) is 0 Å². The van der Waals surface area contributed by atoms with Crippen LogP contribution in [0.2, 0.25) is 0 Å². The highest BCUT2D eigenvalue weighted by Gasteiger charge is 2.20. The number of hydrogen-bond donors (Lipinski definition) is 1. The number of hydrogen-bond acceptors (Lipinski definition) is 5. The van der Waals surface area contributed by atoms with Gasteiger partial charge in [-0.2, -0.15) is 0 Å². The number of anilines is 1. The molecule has 1 atom stereocenters. The summed E-state index contributed by atoms with van der Waals surface area (Å²) in [5.41, 5.74) is 4.05. The Labute approximate surface area is 196 Å². The zero-order chi connectivity index (χ0) is 22.5. The Morgan fingerprint density at radius 1 is 0.758 bits per heavy atom. The molecule has 1 fully saturated rings. The molecule has 0 amide bonds. The van der Waals surface area contributed by atoms with Gasteiger partial charge in [-0.05, 0) is 78.9 Å². The number of rotatable bonds is 8. The van der Waals surface area contributed by atoms with Crippen LogP contribution in [0.5, 0.6) is 17.2 Å². The Kier molecular flexibility index (Phi) is 6.79. The number of benzene rings is 3. The van der Waals surface area contributed by atoms with E-state index in [0.717, 1.165) is 49.8 Å². The van der Waals surface area contributed by atoms with Crippen molar-refractivity contribution in [2.75, 3.05) is 44.2 Å². The quantitative estimate of drug-likeness (QED) is 0.553. The number of aryl methyl sites for hydroxylation is 2. The second-order valence-corrected chi connectivity index (χ2v) is 8.95. The molecule has 3 aromatic rings. The number of nitrogens with zero attached hydrogens (tertiary/aromatic N) is 2. The second kappa shape index (κ2) is 10.3.